The molecule has 0 saturated heterocycles. The highest BCUT2D eigenvalue weighted by Crippen LogP contribution is 2.28. The molecule has 0 spiro atoms. The summed E-state index contributed by atoms with van der Waals surface area (Å²) in [5.74, 6) is -0.643. The van der Waals surface area contributed by atoms with Crippen molar-refractivity contribution < 1.29 is 9.18 Å². The third kappa shape index (κ3) is 4.66. The summed E-state index contributed by atoms with van der Waals surface area (Å²) in [6.45, 7) is 5.96. The van der Waals surface area contributed by atoms with Crippen LogP contribution in [0.15, 0.2) is 66.5 Å². The van der Waals surface area contributed by atoms with E-state index in [9.17, 15) is 9.18 Å². The van der Waals surface area contributed by atoms with Gasteiger partial charge in [-0.2, -0.15) is 0 Å². The van der Waals surface area contributed by atoms with E-state index >= 15 is 0 Å². The molecule has 0 aliphatic heterocycles. The van der Waals surface area contributed by atoms with E-state index < -0.39 is 0 Å². The molecule has 3 aromatic rings. The SMILES string of the molecule is C/C=C\C(=C/C)Nc1c(C(=O)NCc2ccc(F)cc2)nc(C)c2cccnc12. The second-order valence-corrected chi connectivity index (χ2v) is 6.50. The van der Waals surface area contributed by atoms with Gasteiger partial charge in [-0.15, -0.1) is 0 Å². The summed E-state index contributed by atoms with van der Waals surface area (Å²) in [5, 5.41) is 7.03. The van der Waals surface area contributed by atoms with Crippen molar-refractivity contribution in [3.8, 4) is 0 Å². The number of pyridine rings is 2. The van der Waals surface area contributed by atoms with Gasteiger partial charge in [-0.25, -0.2) is 9.37 Å². The number of hydrogen-bond donors (Lipinski definition) is 2. The molecular weight excluding hydrogens is 367 g/mol. The van der Waals surface area contributed by atoms with Crippen LogP contribution < -0.4 is 10.6 Å². The van der Waals surface area contributed by atoms with E-state index in [-0.39, 0.29) is 24.0 Å². The predicted octanol–water partition coefficient (Wildman–Crippen LogP) is 4.90. The summed E-state index contributed by atoms with van der Waals surface area (Å²) in [6, 6.07) is 9.79. The molecule has 2 aromatic heterocycles. The van der Waals surface area contributed by atoms with Crippen molar-refractivity contribution in [2.45, 2.75) is 27.3 Å². The Bertz CT molecular complexity index is 1090. The molecule has 5 nitrogen and oxygen atoms in total. The van der Waals surface area contributed by atoms with Crippen LogP contribution in [0.4, 0.5) is 10.1 Å². The number of nitrogens with one attached hydrogen (secondary N) is 2. The summed E-state index contributed by atoms with van der Waals surface area (Å²) >= 11 is 0. The molecular formula is C23H23FN4O. The van der Waals surface area contributed by atoms with Crippen molar-refractivity contribution in [3.63, 3.8) is 0 Å². The zero-order valence-electron chi connectivity index (χ0n) is 16.7. The monoisotopic (exact) mass is 390 g/mol. The van der Waals surface area contributed by atoms with Gasteiger partial charge in [0.25, 0.3) is 5.91 Å². The van der Waals surface area contributed by atoms with Gasteiger partial charge in [-0.1, -0.05) is 24.3 Å². The molecule has 0 fully saturated rings. The Morgan fingerprint density at radius 3 is 2.62 bits per heavy atom. The molecule has 0 aliphatic rings. The molecule has 1 aromatic carbocycles. The number of allylic oxidation sites excluding steroid dienone is 3. The number of rotatable bonds is 6. The van der Waals surface area contributed by atoms with E-state index in [1.807, 2.05) is 51.1 Å². The molecule has 0 unspecified atom stereocenters. The highest BCUT2D eigenvalue weighted by atomic mass is 19.1. The molecule has 0 saturated carbocycles. The highest BCUT2D eigenvalue weighted by molar-refractivity contribution is 6.06. The van der Waals surface area contributed by atoms with Gasteiger partial charge in [-0.3, -0.25) is 9.78 Å². The number of anilines is 1. The van der Waals surface area contributed by atoms with Crippen molar-refractivity contribution in [3.05, 3.63) is 89.3 Å². The number of hydrogen-bond acceptors (Lipinski definition) is 4. The first-order valence-corrected chi connectivity index (χ1v) is 9.37. The number of carbonyl (C=O) groups excluding carboxylic acids is 1. The maximum absolute atomic E-state index is 13.1. The summed E-state index contributed by atoms with van der Waals surface area (Å²) in [5.41, 5.74) is 3.84. The van der Waals surface area contributed by atoms with E-state index in [0.717, 1.165) is 22.3 Å². The van der Waals surface area contributed by atoms with Crippen LogP contribution in [0.25, 0.3) is 10.9 Å². The summed E-state index contributed by atoms with van der Waals surface area (Å²) in [4.78, 5) is 22.0. The number of amides is 1. The lowest BCUT2D eigenvalue weighted by Gasteiger charge is -2.16. The first-order chi connectivity index (χ1) is 14.0. The molecule has 148 valence electrons. The van der Waals surface area contributed by atoms with Crippen LogP contribution in [-0.4, -0.2) is 15.9 Å². The summed E-state index contributed by atoms with van der Waals surface area (Å²) in [6.07, 6.45) is 7.43. The van der Waals surface area contributed by atoms with Crippen molar-refractivity contribution in [2.24, 2.45) is 0 Å². The molecule has 6 heteroatoms. The van der Waals surface area contributed by atoms with Gasteiger partial charge in [0.2, 0.25) is 0 Å². The van der Waals surface area contributed by atoms with Crippen LogP contribution >= 0.6 is 0 Å². The van der Waals surface area contributed by atoms with E-state index in [2.05, 4.69) is 20.6 Å². The van der Waals surface area contributed by atoms with Gasteiger partial charge in [0, 0.05) is 29.5 Å². The second kappa shape index (κ2) is 9.10. The minimum absolute atomic E-state index is 0.264. The molecule has 0 aliphatic carbocycles. The average Bonchev–Trinajstić information content (AvgIpc) is 2.74. The van der Waals surface area contributed by atoms with Crippen LogP contribution in [0.5, 0.6) is 0 Å². The van der Waals surface area contributed by atoms with Gasteiger partial charge in [-0.05, 0) is 56.7 Å². The smallest absolute Gasteiger partial charge is 0.272 e. The van der Waals surface area contributed by atoms with Crippen molar-refractivity contribution in [2.75, 3.05) is 5.32 Å². The van der Waals surface area contributed by atoms with Gasteiger partial charge in [0.1, 0.15) is 5.82 Å². The molecule has 1 amide bonds. The predicted molar refractivity (Wildman–Crippen MR) is 114 cm³/mol. The highest BCUT2D eigenvalue weighted by Gasteiger charge is 2.19. The lowest BCUT2D eigenvalue weighted by atomic mass is 10.1. The first kappa shape index (κ1) is 20.2. The Balaban J connectivity index is 1.99. The average molecular weight is 390 g/mol. The standard InChI is InChI=1S/C23H23FN4O/c1-4-7-18(5-2)28-21-20-19(8-6-13-25-20)15(3)27-22(21)23(29)26-14-16-9-11-17(24)12-10-16/h4-13,28H,14H2,1-3H3,(H,26,29)/b7-4-,18-5+. The maximum Gasteiger partial charge on any atom is 0.272 e. The lowest BCUT2D eigenvalue weighted by molar-refractivity contribution is 0.0947. The Kier molecular flexibility index (Phi) is 6.34. The van der Waals surface area contributed by atoms with Crippen molar-refractivity contribution in [1.82, 2.24) is 15.3 Å². The Morgan fingerprint density at radius 2 is 1.93 bits per heavy atom. The molecule has 0 bridgehead atoms. The number of carbonyl (C=O) groups is 1. The minimum atomic E-state index is -0.330. The van der Waals surface area contributed by atoms with Gasteiger partial charge in [0.05, 0.1) is 11.2 Å². The number of benzene rings is 1. The fourth-order valence-corrected chi connectivity index (χ4v) is 2.98. The molecule has 2 N–H and O–H groups in total. The zero-order valence-corrected chi connectivity index (χ0v) is 16.7. The van der Waals surface area contributed by atoms with Gasteiger partial charge < -0.3 is 10.6 Å². The van der Waals surface area contributed by atoms with Gasteiger partial charge >= 0.3 is 0 Å². The molecule has 0 radical (unpaired) electrons. The zero-order chi connectivity index (χ0) is 20.8. The van der Waals surface area contributed by atoms with E-state index in [4.69, 9.17) is 0 Å². The first-order valence-electron chi connectivity index (χ1n) is 9.37. The Labute approximate surface area is 169 Å². The lowest BCUT2D eigenvalue weighted by Crippen LogP contribution is -2.25. The van der Waals surface area contributed by atoms with Crippen molar-refractivity contribution in [1.29, 1.82) is 0 Å². The third-order valence-electron chi connectivity index (χ3n) is 4.46. The molecule has 0 atom stereocenters. The fraction of sp³-hybridized carbons (Fsp3) is 0.174. The fourth-order valence-electron chi connectivity index (χ4n) is 2.98. The number of halogens is 1. The Morgan fingerprint density at radius 1 is 1.17 bits per heavy atom. The van der Waals surface area contributed by atoms with E-state index in [1.165, 1.54) is 12.1 Å². The van der Waals surface area contributed by atoms with Crippen LogP contribution in [0, 0.1) is 12.7 Å². The largest absolute Gasteiger partial charge is 0.352 e. The topological polar surface area (TPSA) is 66.9 Å². The van der Waals surface area contributed by atoms with Crippen LogP contribution in [-0.2, 0) is 6.54 Å². The van der Waals surface area contributed by atoms with E-state index in [1.54, 1.807) is 18.3 Å². The van der Waals surface area contributed by atoms with Gasteiger partial charge in [0.15, 0.2) is 5.69 Å². The third-order valence-corrected chi connectivity index (χ3v) is 4.46. The summed E-state index contributed by atoms with van der Waals surface area (Å²) in [7, 11) is 0. The van der Waals surface area contributed by atoms with Crippen LogP contribution in [0.1, 0.15) is 35.6 Å². The normalized spacial score (nSPS) is 11.8. The number of nitrogens with zero attached hydrogens (tertiary/aromatic N) is 2. The van der Waals surface area contributed by atoms with Crippen molar-refractivity contribution >= 4 is 22.5 Å². The second-order valence-electron chi connectivity index (χ2n) is 6.50. The summed E-state index contributed by atoms with van der Waals surface area (Å²) < 4.78 is 13.1. The maximum atomic E-state index is 13.1. The van der Waals surface area contributed by atoms with Crippen LogP contribution in [0.3, 0.4) is 0 Å². The van der Waals surface area contributed by atoms with E-state index in [0.29, 0.717) is 11.2 Å². The minimum Gasteiger partial charge on any atom is -0.352 e. The van der Waals surface area contributed by atoms with Crippen LogP contribution in [0.2, 0.25) is 0 Å². The molecule has 2 heterocycles. The number of aryl methyl sites for hydroxylation is 1. The number of fused-ring (bicyclic) bond motifs is 1. The number of aromatic nitrogens is 2. The Hall–Kier alpha value is -3.54. The quantitative estimate of drug-likeness (QED) is 0.588. The molecule has 29 heavy (non-hydrogen) atoms. The molecule has 3 rings (SSSR count).